The smallest absolute Gasteiger partial charge is 0.263 e. The number of benzene rings is 1. The second kappa shape index (κ2) is 7.06. The van der Waals surface area contributed by atoms with Gasteiger partial charge in [0.2, 0.25) is 5.91 Å². The predicted molar refractivity (Wildman–Crippen MR) is 92.6 cm³/mol. The third-order valence-corrected chi connectivity index (χ3v) is 5.10. The van der Waals surface area contributed by atoms with Crippen molar-refractivity contribution in [3.8, 4) is 0 Å². The van der Waals surface area contributed by atoms with E-state index in [4.69, 9.17) is 0 Å². The largest absolute Gasteiger partial charge is 0.352 e. The number of nitrogens with zero attached hydrogens (tertiary/aromatic N) is 3. The van der Waals surface area contributed by atoms with Gasteiger partial charge in [0.1, 0.15) is 5.84 Å². The normalized spacial score (nSPS) is 17.7. The lowest BCUT2D eigenvalue weighted by Gasteiger charge is -2.13. The number of sulfonamides is 1. The Bertz CT molecular complexity index is 890. The molecule has 1 amide bonds. The van der Waals surface area contributed by atoms with Crippen molar-refractivity contribution in [1.29, 1.82) is 0 Å². The van der Waals surface area contributed by atoms with Gasteiger partial charge in [0.25, 0.3) is 10.0 Å². The Hall–Kier alpha value is -2.68. The van der Waals surface area contributed by atoms with Crippen LogP contribution in [0, 0.1) is 0 Å². The Morgan fingerprint density at radius 1 is 1.36 bits per heavy atom. The maximum Gasteiger partial charge on any atom is 0.263 e. The van der Waals surface area contributed by atoms with E-state index < -0.39 is 10.0 Å². The molecule has 1 aliphatic heterocycles. The van der Waals surface area contributed by atoms with Gasteiger partial charge >= 0.3 is 0 Å². The van der Waals surface area contributed by atoms with Crippen LogP contribution in [0.25, 0.3) is 0 Å². The quantitative estimate of drug-likeness (QED) is 0.782. The maximum absolute atomic E-state index is 12.0. The van der Waals surface area contributed by atoms with Crippen LogP contribution in [0.3, 0.4) is 0 Å². The molecule has 0 saturated carbocycles. The molecule has 0 bridgehead atoms. The fourth-order valence-electron chi connectivity index (χ4n) is 2.60. The van der Waals surface area contributed by atoms with Crippen molar-refractivity contribution in [1.82, 2.24) is 19.8 Å². The Kier molecular flexibility index (Phi) is 4.84. The molecule has 8 nitrogen and oxygen atoms in total. The molecule has 1 aromatic carbocycles. The number of amidine groups is 1. The van der Waals surface area contributed by atoms with Crippen LogP contribution in [0.4, 0.5) is 0 Å². The van der Waals surface area contributed by atoms with Crippen molar-refractivity contribution in [2.45, 2.75) is 30.8 Å². The monoisotopic (exact) mass is 361 g/mol. The van der Waals surface area contributed by atoms with E-state index in [0.717, 1.165) is 0 Å². The van der Waals surface area contributed by atoms with Crippen LogP contribution < -0.4 is 10.0 Å². The zero-order valence-electron chi connectivity index (χ0n) is 13.7. The first-order chi connectivity index (χ1) is 12.0. The number of aliphatic imine (C=N–C) groups is 1. The SMILES string of the molecule is C[C@H](Cn1cccn1)NC(=O)CCN=C1NS(=O)(=O)c2ccccc21. The lowest BCUT2D eigenvalue weighted by Crippen LogP contribution is -2.36. The van der Waals surface area contributed by atoms with Crippen LogP contribution >= 0.6 is 0 Å². The summed E-state index contributed by atoms with van der Waals surface area (Å²) >= 11 is 0. The van der Waals surface area contributed by atoms with Gasteiger partial charge in [-0.2, -0.15) is 5.10 Å². The third kappa shape index (κ3) is 4.05. The van der Waals surface area contributed by atoms with Gasteiger partial charge < -0.3 is 5.32 Å². The molecule has 25 heavy (non-hydrogen) atoms. The van der Waals surface area contributed by atoms with Crippen LogP contribution in [-0.2, 0) is 21.4 Å². The summed E-state index contributed by atoms with van der Waals surface area (Å²) in [6, 6.07) is 8.40. The molecular weight excluding hydrogens is 342 g/mol. The number of hydrogen-bond acceptors (Lipinski definition) is 5. The van der Waals surface area contributed by atoms with Crippen LogP contribution in [-0.4, -0.2) is 42.5 Å². The highest BCUT2D eigenvalue weighted by Crippen LogP contribution is 2.22. The van der Waals surface area contributed by atoms with Gasteiger partial charge in [0.05, 0.1) is 18.0 Å². The van der Waals surface area contributed by atoms with Crippen molar-refractivity contribution in [2.24, 2.45) is 4.99 Å². The van der Waals surface area contributed by atoms with E-state index in [2.05, 4.69) is 20.1 Å². The number of carbonyl (C=O) groups is 1. The average molecular weight is 361 g/mol. The van der Waals surface area contributed by atoms with E-state index in [1.54, 1.807) is 29.1 Å². The van der Waals surface area contributed by atoms with Gasteiger partial charge in [-0.15, -0.1) is 0 Å². The minimum absolute atomic E-state index is 0.0641. The summed E-state index contributed by atoms with van der Waals surface area (Å²) in [6.07, 6.45) is 3.69. The van der Waals surface area contributed by atoms with E-state index >= 15 is 0 Å². The topological polar surface area (TPSA) is 105 Å². The molecule has 2 N–H and O–H groups in total. The molecule has 132 valence electrons. The first-order valence-corrected chi connectivity index (χ1v) is 9.37. The van der Waals surface area contributed by atoms with Crippen molar-refractivity contribution in [3.05, 3.63) is 48.3 Å². The van der Waals surface area contributed by atoms with Gasteiger partial charge in [-0.3, -0.25) is 19.2 Å². The number of rotatable bonds is 6. The van der Waals surface area contributed by atoms with E-state index in [1.165, 1.54) is 6.07 Å². The van der Waals surface area contributed by atoms with Crippen LogP contribution in [0.2, 0.25) is 0 Å². The van der Waals surface area contributed by atoms with Crippen LogP contribution in [0.15, 0.2) is 52.6 Å². The lowest BCUT2D eigenvalue weighted by molar-refractivity contribution is -0.121. The molecule has 1 atom stereocenters. The fraction of sp³-hybridized carbons (Fsp3) is 0.312. The second-order valence-electron chi connectivity index (χ2n) is 5.78. The Morgan fingerprint density at radius 3 is 2.92 bits per heavy atom. The summed E-state index contributed by atoms with van der Waals surface area (Å²) in [7, 11) is -3.54. The first kappa shape index (κ1) is 17.2. The van der Waals surface area contributed by atoms with Gasteiger partial charge in [-0.25, -0.2) is 8.42 Å². The molecule has 0 unspecified atom stereocenters. The molecule has 3 rings (SSSR count). The molecule has 1 aromatic heterocycles. The molecule has 0 aliphatic carbocycles. The number of fused-ring (bicyclic) bond motifs is 1. The molecule has 0 radical (unpaired) electrons. The fourth-order valence-corrected chi connectivity index (χ4v) is 3.85. The number of aromatic nitrogens is 2. The summed E-state index contributed by atoms with van der Waals surface area (Å²) in [5.74, 6) is 0.145. The minimum Gasteiger partial charge on any atom is -0.352 e. The number of nitrogens with one attached hydrogen (secondary N) is 2. The molecule has 0 saturated heterocycles. The molecule has 2 aromatic rings. The summed E-state index contributed by atoms with van der Waals surface area (Å²) in [5, 5.41) is 6.96. The van der Waals surface area contributed by atoms with Crippen LogP contribution in [0.5, 0.6) is 0 Å². The molecule has 2 heterocycles. The summed E-state index contributed by atoms with van der Waals surface area (Å²) in [6.45, 7) is 2.68. The number of amides is 1. The maximum atomic E-state index is 12.0. The van der Waals surface area contributed by atoms with E-state index in [9.17, 15) is 13.2 Å². The van der Waals surface area contributed by atoms with Crippen molar-refractivity contribution in [2.75, 3.05) is 6.54 Å². The molecule has 9 heteroatoms. The molecule has 1 aliphatic rings. The zero-order valence-corrected chi connectivity index (χ0v) is 14.5. The summed E-state index contributed by atoms with van der Waals surface area (Å²) in [5.41, 5.74) is 0.537. The standard InChI is InChI=1S/C16H19N5O3S/c1-12(11-21-10-4-8-18-21)19-15(22)7-9-17-16-13-5-2-3-6-14(13)25(23,24)20-16/h2-6,8,10,12H,7,9,11H2,1H3,(H,17,20)(H,19,22)/t12-/m1/s1. The average Bonchev–Trinajstić information content (AvgIpc) is 3.14. The van der Waals surface area contributed by atoms with E-state index in [0.29, 0.717) is 12.1 Å². The number of hydrogen-bond donors (Lipinski definition) is 2. The highest BCUT2D eigenvalue weighted by Gasteiger charge is 2.29. The molecule has 0 spiro atoms. The lowest BCUT2D eigenvalue weighted by atomic mass is 10.2. The van der Waals surface area contributed by atoms with Crippen molar-refractivity contribution < 1.29 is 13.2 Å². The van der Waals surface area contributed by atoms with Crippen molar-refractivity contribution >= 4 is 21.8 Å². The summed E-state index contributed by atoms with van der Waals surface area (Å²) < 4.78 is 28.1. The predicted octanol–water partition coefficient (Wildman–Crippen LogP) is 0.517. The Morgan fingerprint density at radius 2 is 2.16 bits per heavy atom. The highest BCUT2D eigenvalue weighted by molar-refractivity contribution is 7.90. The third-order valence-electron chi connectivity index (χ3n) is 3.70. The minimum atomic E-state index is -3.54. The molecular formula is C16H19N5O3S. The zero-order chi connectivity index (χ0) is 17.9. The number of carbonyl (C=O) groups excluding carboxylic acids is 1. The molecule has 0 fully saturated rings. The highest BCUT2D eigenvalue weighted by atomic mass is 32.2. The van der Waals surface area contributed by atoms with Gasteiger partial charge in [0, 0.05) is 30.4 Å². The van der Waals surface area contributed by atoms with Crippen molar-refractivity contribution in [3.63, 3.8) is 0 Å². The second-order valence-corrected chi connectivity index (χ2v) is 7.43. The van der Waals surface area contributed by atoms with E-state index in [1.807, 2.05) is 19.2 Å². The van der Waals surface area contributed by atoms with Gasteiger partial charge in [0.15, 0.2) is 0 Å². The van der Waals surface area contributed by atoms with Crippen LogP contribution in [0.1, 0.15) is 18.9 Å². The Balaban J connectivity index is 1.54. The van der Waals surface area contributed by atoms with Gasteiger partial charge in [-0.05, 0) is 25.1 Å². The summed E-state index contributed by atoms with van der Waals surface area (Å²) in [4.78, 5) is 16.4. The van der Waals surface area contributed by atoms with Gasteiger partial charge in [-0.1, -0.05) is 12.1 Å². The van der Waals surface area contributed by atoms with E-state index in [-0.39, 0.29) is 35.6 Å². The first-order valence-electron chi connectivity index (χ1n) is 7.89. The Labute approximate surface area is 146 Å².